The first-order chi connectivity index (χ1) is 9.92. The summed E-state index contributed by atoms with van der Waals surface area (Å²) in [6, 6.07) is 5.37. The number of rotatable bonds is 5. The van der Waals surface area contributed by atoms with Crippen LogP contribution in [0.5, 0.6) is 0 Å². The molecule has 1 aromatic carbocycles. The third kappa shape index (κ3) is 3.05. The van der Waals surface area contributed by atoms with Gasteiger partial charge in [-0.15, -0.1) is 0 Å². The Hall–Kier alpha value is -0.770. The first-order valence-electron chi connectivity index (χ1n) is 7.37. The SMILES string of the molecule is CCCC1(C(=O)O)CCCN1C(C)c1ccc(Cl)cc1Cl. The van der Waals surface area contributed by atoms with E-state index in [4.69, 9.17) is 23.2 Å². The minimum atomic E-state index is -0.767. The van der Waals surface area contributed by atoms with Crippen molar-refractivity contribution in [1.29, 1.82) is 0 Å². The Kier molecular flexibility index (Phi) is 5.18. The van der Waals surface area contributed by atoms with E-state index in [1.807, 2.05) is 19.9 Å². The fourth-order valence-corrected chi connectivity index (χ4v) is 4.06. The van der Waals surface area contributed by atoms with Crippen molar-refractivity contribution in [3.05, 3.63) is 33.8 Å². The maximum absolute atomic E-state index is 11.9. The van der Waals surface area contributed by atoms with Gasteiger partial charge in [0.25, 0.3) is 0 Å². The maximum atomic E-state index is 11.9. The predicted octanol–water partition coefficient (Wildman–Crippen LogP) is 4.77. The van der Waals surface area contributed by atoms with E-state index in [0.29, 0.717) is 22.9 Å². The Labute approximate surface area is 135 Å². The monoisotopic (exact) mass is 329 g/mol. The second-order valence-electron chi connectivity index (χ2n) is 5.73. The molecule has 1 saturated heterocycles. The number of hydrogen-bond donors (Lipinski definition) is 1. The molecule has 116 valence electrons. The van der Waals surface area contributed by atoms with Crippen LogP contribution < -0.4 is 0 Å². The van der Waals surface area contributed by atoms with Crippen LogP contribution in [0, 0.1) is 0 Å². The molecule has 1 aliphatic rings. The van der Waals surface area contributed by atoms with Crippen LogP contribution in [0.25, 0.3) is 0 Å². The van der Waals surface area contributed by atoms with Gasteiger partial charge in [-0.05, 0) is 50.4 Å². The molecule has 1 heterocycles. The number of benzene rings is 1. The molecule has 1 aliphatic heterocycles. The van der Waals surface area contributed by atoms with Crippen molar-refractivity contribution in [2.24, 2.45) is 0 Å². The summed E-state index contributed by atoms with van der Waals surface area (Å²) >= 11 is 12.2. The largest absolute Gasteiger partial charge is 0.480 e. The highest BCUT2D eigenvalue weighted by Crippen LogP contribution is 2.41. The molecule has 3 nitrogen and oxygen atoms in total. The molecule has 0 radical (unpaired) electrons. The molecule has 0 bridgehead atoms. The molecule has 0 aromatic heterocycles. The van der Waals surface area contributed by atoms with Crippen molar-refractivity contribution in [3.8, 4) is 0 Å². The molecular formula is C16H21Cl2NO2. The number of aliphatic carboxylic acids is 1. The lowest BCUT2D eigenvalue weighted by Gasteiger charge is -2.39. The Morgan fingerprint density at radius 2 is 2.19 bits per heavy atom. The van der Waals surface area contributed by atoms with Crippen molar-refractivity contribution >= 4 is 29.2 Å². The molecule has 2 rings (SSSR count). The topological polar surface area (TPSA) is 40.5 Å². The van der Waals surface area contributed by atoms with Crippen LogP contribution in [0.4, 0.5) is 0 Å². The Morgan fingerprint density at radius 1 is 1.48 bits per heavy atom. The summed E-state index contributed by atoms with van der Waals surface area (Å²) in [6.45, 7) is 4.83. The van der Waals surface area contributed by atoms with E-state index in [2.05, 4.69) is 4.90 Å². The summed E-state index contributed by atoms with van der Waals surface area (Å²) in [5, 5.41) is 11.0. The number of carboxylic acid groups (broad SMARTS) is 1. The smallest absolute Gasteiger partial charge is 0.324 e. The lowest BCUT2D eigenvalue weighted by molar-refractivity contribution is -0.151. The fourth-order valence-electron chi connectivity index (χ4n) is 3.49. The number of nitrogens with zero attached hydrogens (tertiary/aromatic N) is 1. The van der Waals surface area contributed by atoms with Crippen LogP contribution in [0.3, 0.4) is 0 Å². The molecule has 1 N–H and O–H groups in total. The first-order valence-corrected chi connectivity index (χ1v) is 8.13. The maximum Gasteiger partial charge on any atom is 0.324 e. The van der Waals surface area contributed by atoms with E-state index >= 15 is 0 Å². The summed E-state index contributed by atoms with van der Waals surface area (Å²) in [4.78, 5) is 14.0. The van der Waals surface area contributed by atoms with Gasteiger partial charge in [0.05, 0.1) is 0 Å². The minimum absolute atomic E-state index is 0.0417. The van der Waals surface area contributed by atoms with Crippen molar-refractivity contribution in [1.82, 2.24) is 4.90 Å². The second-order valence-corrected chi connectivity index (χ2v) is 6.57. The predicted molar refractivity (Wildman–Crippen MR) is 86.1 cm³/mol. The van der Waals surface area contributed by atoms with Gasteiger partial charge in [-0.2, -0.15) is 0 Å². The van der Waals surface area contributed by atoms with Crippen LogP contribution in [0.1, 0.15) is 51.1 Å². The van der Waals surface area contributed by atoms with Crippen molar-refractivity contribution < 1.29 is 9.90 Å². The van der Waals surface area contributed by atoms with Gasteiger partial charge in [0.1, 0.15) is 5.54 Å². The van der Waals surface area contributed by atoms with Crippen LogP contribution in [0.15, 0.2) is 18.2 Å². The van der Waals surface area contributed by atoms with Crippen molar-refractivity contribution in [2.75, 3.05) is 6.54 Å². The van der Waals surface area contributed by atoms with Gasteiger partial charge >= 0.3 is 5.97 Å². The average Bonchev–Trinajstić information content (AvgIpc) is 2.83. The highest BCUT2D eigenvalue weighted by molar-refractivity contribution is 6.35. The highest BCUT2D eigenvalue weighted by Gasteiger charge is 2.48. The van der Waals surface area contributed by atoms with Gasteiger partial charge in [0, 0.05) is 16.1 Å². The zero-order chi connectivity index (χ0) is 15.6. The number of carboxylic acids is 1. The number of hydrogen-bond acceptors (Lipinski definition) is 2. The summed E-state index contributed by atoms with van der Waals surface area (Å²) in [5.74, 6) is -0.723. The summed E-state index contributed by atoms with van der Waals surface area (Å²) in [6.07, 6.45) is 3.12. The highest BCUT2D eigenvalue weighted by atomic mass is 35.5. The molecule has 0 saturated carbocycles. The molecule has 0 amide bonds. The first kappa shape index (κ1) is 16.6. The van der Waals surface area contributed by atoms with Crippen LogP contribution in [0.2, 0.25) is 10.0 Å². The zero-order valence-electron chi connectivity index (χ0n) is 12.4. The van der Waals surface area contributed by atoms with Crippen LogP contribution >= 0.6 is 23.2 Å². The minimum Gasteiger partial charge on any atom is -0.480 e. The standard InChI is InChI=1S/C16H21Cl2NO2/c1-3-7-16(15(20)21)8-4-9-19(16)11(2)13-6-5-12(17)10-14(13)18/h5-6,10-11H,3-4,7-9H2,1-2H3,(H,20,21). The Balaban J connectivity index is 2.36. The van der Waals surface area contributed by atoms with Gasteiger partial charge in [-0.25, -0.2) is 0 Å². The Bertz CT molecular complexity index is 535. The van der Waals surface area contributed by atoms with E-state index in [9.17, 15) is 9.90 Å². The van der Waals surface area contributed by atoms with Crippen molar-refractivity contribution in [3.63, 3.8) is 0 Å². The lowest BCUT2D eigenvalue weighted by Crippen LogP contribution is -2.51. The normalized spacial score (nSPS) is 24.2. The third-order valence-corrected chi connectivity index (χ3v) is 5.04. The summed E-state index contributed by atoms with van der Waals surface area (Å²) < 4.78 is 0. The Morgan fingerprint density at radius 3 is 2.76 bits per heavy atom. The van der Waals surface area contributed by atoms with Gasteiger partial charge < -0.3 is 5.11 Å². The third-order valence-electron chi connectivity index (χ3n) is 4.48. The molecule has 1 fully saturated rings. The number of halogens is 2. The molecule has 0 aliphatic carbocycles. The van der Waals surface area contributed by atoms with E-state index in [1.165, 1.54) is 0 Å². The van der Waals surface area contributed by atoms with E-state index < -0.39 is 11.5 Å². The van der Waals surface area contributed by atoms with Gasteiger partial charge in [-0.1, -0.05) is 42.6 Å². The number of likely N-dealkylation sites (tertiary alicyclic amines) is 1. The van der Waals surface area contributed by atoms with E-state index in [0.717, 1.165) is 24.9 Å². The summed E-state index contributed by atoms with van der Waals surface area (Å²) in [7, 11) is 0. The van der Waals surface area contributed by atoms with E-state index in [1.54, 1.807) is 12.1 Å². The summed E-state index contributed by atoms with van der Waals surface area (Å²) in [5.41, 5.74) is 0.168. The molecule has 2 unspecified atom stereocenters. The van der Waals surface area contributed by atoms with E-state index in [-0.39, 0.29) is 6.04 Å². The quantitative estimate of drug-likeness (QED) is 0.845. The fraction of sp³-hybridized carbons (Fsp3) is 0.562. The average molecular weight is 330 g/mol. The van der Waals surface area contributed by atoms with Gasteiger partial charge in [-0.3, -0.25) is 9.69 Å². The lowest BCUT2D eigenvalue weighted by atomic mass is 9.89. The molecule has 5 heteroatoms. The molecular weight excluding hydrogens is 309 g/mol. The van der Waals surface area contributed by atoms with Crippen molar-refractivity contribution in [2.45, 2.75) is 51.1 Å². The van der Waals surface area contributed by atoms with Crippen LogP contribution in [-0.4, -0.2) is 28.1 Å². The zero-order valence-corrected chi connectivity index (χ0v) is 13.9. The molecule has 21 heavy (non-hydrogen) atoms. The van der Waals surface area contributed by atoms with Gasteiger partial charge in [0.15, 0.2) is 0 Å². The number of carbonyl (C=O) groups is 1. The van der Waals surface area contributed by atoms with Crippen LogP contribution in [-0.2, 0) is 4.79 Å². The molecule has 2 atom stereocenters. The van der Waals surface area contributed by atoms with Gasteiger partial charge in [0.2, 0.25) is 0 Å². The molecule has 0 spiro atoms. The molecule has 1 aromatic rings. The second kappa shape index (κ2) is 6.55.